The molecule has 1 fully saturated rings. The zero-order valence-corrected chi connectivity index (χ0v) is 16.6. The van der Waals surface area contributed by atoms with E-state index in [1.54, 1.807) is 47.9 Å². The van der Waals surface area contributed by atoms with Gasteiger partial charge in [0, 0.05) is 62.2 Å². The topological polar surface area (TPSA) is 96.3 Å². The smallest absolute Gasteiger partial charge is 0.253 e. The number of nitrogens with one attached hydrogen (secondary N) is 2. The van der Waals surface area contributed by atoms with E-state index in [2.05, 4.69) is 15.6 Å². The molecule has 0 bridgehead atoms. The van der Waals surface area contributed by atoms with E-state index in [0.29, 0.717) is 43.7 Å². The van der Waals surface area contributed by atoms with Crippen LogP contribution in [0.4, 0.5) is 5.69 Å². The van der Waals surface area contributed by atoms with Crippen molar-refractivity contribution in [1.82, 2.24) is 19.8 Å². The Morgan fingerprint density at radius 1 is 1.24 bits per heavy atom. The summed E-state index contributed by atoms with van der Waals surface area (Å²) in [4.78, 5) is 42.5. The third-order valence-corrected chi connectivity index (χ3v) is 4.94. The number of aryl methyl sites for hydroxylation is 1. The van der Waals surface area contributed by atoms with Gasteiger partial charge in [0.15, 0.2) is 0 Å². The van der Waals surface area contributed by atoms with Crippen molar-refractivity contribution in [1.29, 1.82) is 0 Å². The van der Waals surface area contributed by atoms with Crippen molar-refractivity contribution in [3.05, 3.63) is 48.5 Å². The largest absolute Gasteiger partial charge is 0.352 e. The molecule has 2 N–H and O–H groups in total. The number of anilines is 1. The highest BCUT2D eigenvalue weighted by atomic mass is 16.2. The van der Waals surface area contributed by atoms with E-state index in [1.807, 2.05) is 11.5 Å². The summed E-state index contributed by atoms with van der Waals surface area (Å²) in [6, 6.07) is 6.97. The predicted octanol–water partition coefficient (Wildman–Crippen LogP) is 2.04. The summed E-state index contributed by atoms with van der Waals surface area (Å²) in [6.45, 7) is 3.53. The van der Waals surface area contributed by atoms with Crippen molar-refractivity contribution >= 4 is 23.4 Å². The van der Waals surface area contributed by atoms with E-state index in [0.717, 1.165) is 12.8 Å². The van der Waals surface area contributed by atoms with Gasteiger partial charge >= 0.3 is 0 Å². The second kappa shape index (κ2) is 9.86. The van der Waals surface area contributed by atoms with Gasteiger partial charge in [-0.3, -0.25) is 14.4 Å². The predicted molar refractivity (Wildman–Crippen MR) is 109 cm³/mol. The first-order valence-electron chi connectivity index (χ1n) is 9.99. The standard InChI is InChI=1S/C21H27N5O3/c1-2-19(27)24-18-7-4-10-26(14-18)21(29)16-5-3-6-17(13-16)23-20(28)8-11-25-12-9-22-15-25/h3,5-6,9,12-13,15,18H,2,4,7-8,10-11,14H2,1H3,(H,23,28)(H,24,27). The Bertz CT molecular complexity index is 850. The normalized spacial score (nSPS) is 16.3. The third-order valence-electron chi connectivity index (χ3n) is 4.94. The lowest BCUT2D eigenvalue weighted by Crippen LogP contribution is -2.49. The summed E-state index contributed by atoms with van der Waals surface area (Å²) in [7, 11) is 0. The molecule has 1 aromatic carbocycles. The first-order chi connectivity index (χ1) is 14.0. The fourth-order valence-corrected chi connectivity index (χ4v) is 3.39. The minimum atomic E-state index is -0.122. The number of piperidine rings is 1. The molecule has 29 heavy (non-hydrogen) atoms. The number of amides is 3. The van der Waals surface area contributed by atoms with Crippen LogP contribution in [-0.2, 0) is 16.1 Å². The average Bonchev–Trinajstić information content (AvgIpc) is 3.26. The van der Waals surface area contributed by atoms with Crippen molar-refractivity contribution in [2.24, 2.45) is 0 Å². The summed E-state index contributed by atoms with van der Waals surface area (Å²) in [5.74, 6) is -0.205. The van der Waals surface area contributed by atoms with Gasteiger partial charge in [0.2, 0.25) is 11.8 Å². The lowest BCUT2D eigenvalue weighted by atomic mass is 10.0. The van der Waals surface area contributed by atoms with Crippen molar-refractivity contribution in [3.8, 4) is 0 Å². The Kier molecular flexibility index (Phi) is 6.99. The molecule has 1 unspecified atom stereocenters. The van der Waals surface area contributed by atoms with Gasteiger partial charge in [-0.15, -0.1) is 0 Å². The van der Waals surface area contributed by atoms with Crippen molar-refractivity contribution in [2.45, 2.75) is 45.2 Å². The summed E-state index contributed by atoms with van der Waals surface area (Å²) in [5.41, 5.74) is 1.12. The number of benzene rings is 1. The van der Waals surface area contributed by atoms with Crippen LogP contribution in [0.3, 0.4) is 0 Å². The van der Waals surface area contributed by atoms with Crippen LogP contribution in [0.5, 0.6) is 0 Å². The molecule has 0 spiro atoms. The molecule has 8 nitrogen and oxygen atoms in total. The number of likely N-dealkylation sites (tertiary alicyclic amines) is 1. The average molecular weight is 397 g/mol. The minimum Gasteiger partial charge on any atom is -0.352 e. The van der Waals surface area contributed by atoms with Gasteiger partial charge in [-0.2, -0.15) is 0 Å². The number of aromatic nitrogens is 2. The van der Waals surface area contributed by atoms with Crippen LogP contribution in [0, 0.1) is 0 Å². The van der Waals surface area contributed by atoms with Gasteiger partial charge < -0.3 is 20.1 Å². The molecule has 1 aliphatic heterocycles. The number of carbonyl (C=O) groups excluding carboxylic acids is 3. The summed E-state index contributed by atoms with van der Waals surface area (Å²) < 4.78 is 1.84. The molecule has 0 radical (unpaired) electrons. The maximum atomic E-state index is 12.9. The second-order valence-corrected chi connectivity index (χ2v) is 7.19. The molecular weight excluding hydrogens is 370 g/mol. The first-order valence-corrected chi connectivity index (χ1v) is 9.99. The Hall–Kier alpha value is -3.16. The van der Waals surface area contributed by atoms with Crippen molar-refractivity contribution in [2.75, 3.05) is 18.4 Å². The van der Waals surface area contributed by atoms with E-state index in [-0.39, 0.29) is 23.8 Å². The Morgan fingerprint density at radius 3 is 2.86 bits per heavy atom. The van der Waals surface area contributed by atoms with Crippen LogP contribution >= 0.6 is 0 Å². The number of hydrogen-bond donors (Lipinski definition) is 2. The van der Waals surface area contributed by atoms with E-state index in [9.17, 15) is 14.4 Å². The van der Waals surface area contributed by atoms with Gasteiger partial charge in [0.1, 0.15) is 0 Å². The van der Waals surface area contributed by atoms with Crippen LogP contribution in [0.2, 0.25) is 0 Å². The Morgan fingerprint density at radius 2 is 2.10 bits per heavy atom. The molecule has 154 valence electrons. The molecule has 2 aromatic rings. The Labute approximate surface area is 170 Å². The van der Waals surface area contributed by atoms with Crippen LogP contribution < -0.4 is 10.6 Å². The van der Waals surface area contributed by atoms with Crippen LogP contribution in [0.25, 0.3) is 0 Å². The fourth-order valence-electron chi connectivity index (χ4n) is 3.39. The molecule has 8 heteroatoms. The molecule has 0 saturated carbocycles. The van der Waals surface area contributed by atoms with Crippen molar-refractivity contribution in [3.63, 3.8) is 0 Å². The molecule has 1 aliphatic rings. The van der Waals surface area contributed by atoms with E-state index < -0.39 is 0 Å². The van der Waals surface area contributed by atoms with Crippen LogP contribution in [0.15, 0.2) is 43.0 Å². The fraction of sp³-hybridized carbons (Fsp3) is 0.429. The zero-order valence-electron chi connectivity index (χ0n) is 16.6. The van der Waals surface area contributed by atoms with Gasteiger partial charge in [-0.05, 0) is 31.0 Å². The quantitative estimate of drug-likeness (QED) is 0.747. The lowest BCUT2D eigenvalue weighted by molar-refractivity contribution is -0.121. The molecule has 2 heterocycles. The van der Waals surface area contributed by atoms with Crippen LogP contribution in [-0.4, -0.2) is 51.3 Å². The van der Waals surface area contributed by atoms with E-state index in [4.69, 9.17) is 0 Å². The number of rotatable bonds is 7. The molecular formula is C21H27N5O3. The molecule has 3 rings (SSSR count). The maximum Gasteiger partial charge on any atom is 0.253 e. The number of carbonyl (C=O) groups is 3. The number of hydrogen-bond acceptors (Lipinski definition) is 4. The minimum absolute atomic E-state index is 0.00435. The molecule has 1 saturated heterocycles. The summed E-state index contributed by atoms with van der Waals surface area (Å²) in [5, 5.41) is 5.82. The highest BCUT2D eigenvalue weighted by Gasteiger charge is 2.25. The maximum absolute atomic E-state index is 12.9. The van der Waals surface area contributed by atoms with Crippen molar-refractivity contribution < 1.29 is 14.4 Å². The molecule has 3 amide bonds. The lowest BCUT2D eigenvalue weighted by Gasteiger charge is -2.33. The second-order valence-electron chi connectivity index (χ2n) is 7.19. The van der Waals surface area contributed by atoms with E-state index >= 15 is 0 Å². The Balaban J connectivity index is 1.57. The number of imidazole rings is 1. The molecule has 1 atom stereocenters. The highest BCUT2D eigenvalue weighted by molar-refractivity contribution is 5.97. The SMILES string of the molecule is CCC(=O)NC1CCCN(C(=O)c2cccc(NC(=O)CCn3ccnc3)c2)C1. The monoisotopic (exact) mass is 397 g/mol. The van der Waals surface area contributed by atoms with Crippen LogP contribution in [0.1, 0.15) is 43.0 Å². The summed E-state index contributed by atoms with van der Waals surface area (Å²) >= 11 is 0. The zero-order chi connectivity index (χ0) is 20.6. The van der Waals surface area contributed by atoms with Gasteiger partial charge in [0.25, 0.3) is 5.91 Å². The first kappa shape index (κ1) is 20.6. The van der Waals surface area contributed by atoms with Gasteiger partial charge in [0.05, 0.1) is 6.33 Å². The molecule has 1 aromatic heterocycles. The third kappa shape index (κ3) is 5.91. The summed E-state index contributed by atoms with van der Waals surface area (Å²) in [6.07, 6.45) is 7.63. The van der Waals surface area contributed by atoms with Gasteiger partial charge in [-0.25, -0.2) is 4.98 Å². The number of nitrogens with zero attached hydrogens (tertiary/aromatic N) is 3. The highest BCUT2D eigenvalue weighted by Crippen LogP contribution is 2.17. The van der Waals surface area contributed by atoms with Gasteiger partial charge in [-0.1, -0.05) is 13.0 Å². The van der Waals surface area contributed by atoms with E-state index in [1.165, 1.54) is 0 Å². The molecule has 0 aliphatic carbocycles.